The monoisotopic (exact) mass is 393 g/mol. The number of morpholine rings is 1. The van der Waals surface area contributed by atoms with Crippen LogP contribution in [0.25, 0.3) is 0 Å². The topological polar surface area (TPSA) is 65.4 Å². The van der Waals surface area contributed by atoms with Crippen molar-refractivity contribution in [2.24, 2.45) is 23.7 Å². The Morgan fingerprint density at radius 1 is 1.17 bits per heavy atom. The first kappa shape index (κ1) is 19.1. The van der Waals surface area contributed by atoms with E-state index in [9.17, 15) is 4.79 Å². The molecular weight excluding hydrogens is 362 g/mol. The largest absolute Gasteiger partial charge is 0.378 e. The van der Waals surface area contributed by atoms with Crippen LogP contribution in [0.5, 0.6) is 0 Å². The van der Waals surface area contributed by atoms with E-state index in [4.69, 9.17) is 10.00 Å². The van der Waals surface area contributed by atoms with Crippen LogP contribution in [0.3, 0.4) is 0 Å². The second-order valence-corrected chi connectivity index (χ2v) is 9.65. The summed E-state index contributed by atoms with van der Waals surface area (Å²) in [4.78, 5) is 15.5. The van der Waals surface area contributed by atoms with E-state index in [0.717, 1.165) is 36.3 Å². The quantitative estimate of drug-likeness (QED) is 0.854. The maximum Gasteiger partial charge on any atom is 0.239 e. The molecule has 1 heterocycles. The zero-order valence-electron chi connectivity index (χ0n) is 17.1. The van der Waals surface area contributed by atoms with Crippen LogP contribution < -0.4 is 5.32 Å². The molecule has 0 radical (unpaired) electrons. The number of hydrogen-bond donors (Lipinski definition) is 1. The lowest BCUT2D eigenvalue weighted by Crippen LogP contribution is -2.56. The third-order valence-corrected chi connectivity index (χ3v) is 7.71. The summed E-state index contributed by atoms with van der Waals surface area (Å²) >= 11 is 0. The molecular formula is C24H31N3O2. The average molecular weight is 394 g/mol. The van der Waals surface area contributed by atoms with Crippen LogP contribution in [0.15, 0.2) is 24.3 Å². The molecule has 6 unspecified atom stereocenters. The van der Waals surface area contributed by atoms with Gasteiger partial charge in [-0.2, -0.15) is 5.26 Å². The van der Waals surface area contributed by atoms with Gasteiger partial charge in [0, 0.05) is 19.1 Å². The molecule has 3 saturated carbocycles. The molecule has 1 aliphatic heterocycles. The molecule has 29 heavy (non-hydrogen) atoms. The highest BCUT2D eigenvalue weighted by molar-refractivity contribution is 5.82. The van der Waals surface area contributed by atoms with Gasteiger partial charge in [-0.05, 0) is 79.9 Å². The predicted molar refractivity (Wildman–Crippen MR) is 110 cm³/mol. The fraction of sp³-hybridized carbons (Fsp3) is 0.667. The Morgan fingerprint density at radius 2 is 2.00 bits per heavy atom. The molecule has 1 N–H and O–H groups in total. The molecule has 4 aliphatic rings. The van der Waals surface area contributed by atoms with Crippen molar-refractivity contribution < 1.29 is 9.53 Å². The van der Waals surface area contributed by atoms with E-state index < -0.39 is 0 Å². The Kier molecular flexibility index (Phi) is 5.32. The molecule has 154 valence electrons. The van der Waals surface area contributed by atoms with Crippen molar-refractivity contribution in [3.05, 3.63) is 35.4 Å². The van der Waals surface area contributed by atoms with Gasteiger partial charge >= 0.3 is 0 Å². The van der Waals surface area contributed by atoms with Crippen molar-refractivity contribution in [2.75, 3.05) is 19.8 Å². The Balaban J connectivity index is 1.24. The number of nitrogens with one attached hydrogen (secondary N) is 1. The molecule has 5 rings (SSSR count). The number of nitriles is 1. The minimum atomic E-state index is -0.244. The fourth-order valence-electron chi connectivity index (χ4n) is 6.05. The molecule has 5 nitrogen and oxygen atoms in total. The normalized spacial score (nSPS) is 36.4. The van der Waals surface area contributed by atoms with Crippen molar-refractivity contribution in [3.8, 4) is 6.07 Å². The Morgan fingerprint density at radius 3 is 2.90 bits per heavy atom. The summed E-state index contributed by atoms with van der Waals surface area (Å²) in [5.74, 6) is 3.62. The van der Waals surface area contributed by atoms with Crippen molar-refractivity contribution in [3.63, 3.8) is 0 Å². The van der Waals surface area contributed by atoms with Crippen molar-refractivity contribution in [1.29, 1.82) is 5.26 Å². The molecule has 1 saturated heterocycles. The second kappa shape index (κ2) is 8.08. The number of carbonyl (C=O) groups excluding carboxylic acids is 1. The van der Waals surface area contributed by atoms with E-state index in [-0.39, 0.29) is 11.9 Å². The summed E-state index contributed by atoms with van der Waals surface area (Å²) < 4.78 is 5.68. The van der Waals surface area contributed by atoms with Gasteiger partial charge in [0.15, 0.2) is 0 Å². The van der Waals surface area contributed by atoms with Gasteiger partial charge in [-0.1, -0.05) is 12.1 Å². The zero-order valence-corrected chi connectivity index (χ0v) is 17.1. The molecule has 6 atom stereocenters. The van der Waals surface area contributed by atoms with Gasteiger partial charge in [-0.3, -0.25) is 9.69 Å². The zero-order chi connectivity index (χ0) is 19.8. The van der Waals surface area contributed by atoms with Crippen molar-refractivity contribution >= 4 is 5.91 Å². The van der Waals surface area contributed by atoms with Crippen LogP contribution in [0.1, 0.15) is 49.7 Å². The molecule has 1 aromatic rings. The van der Waals surface area contributed by atoms with E-state index >= 15 is 0 Å². The van der Waals surface area contributed by atoms with E-state index in [2.05, 4.69) is 16.3 Å². The van der Waals surface area contributed by atoms with Crippen LogP contribution in [0.2, 0.25) is 0 Å². The van der Waals surface area contributed by atoms with Crippen molar-refractivity contribution in [1.82, 2.24) is 10.2 Å². The van der Waals surface area contributed by atoms with Gasteiger partial charge in [-0.15, -0.1) is 0 Å². The number of hydrogen-bond acceptors (Lipinski definition) is 4. The number of fused-ring (bicyclic) bond motifs is 3. The van der Waals surface area contributed by atoms with Crippen LogP contribution in [0, 0.1) is 35.0 Å². The highest BCUT2D eigenvalue weighted by atomic mass is 16.5. The third kappa shape index (κ3) is 4.20. The first-order valence-corrected chi connectivity index (χ1v) is 11.3. The smallest absolute Gasteiger partial charge is 0.239 e. The van der Waals surface area contributed by atoms with Crippen LogP contribution in [-0.2, 0) is 16.1 Å². The van der Waals surface area contributed by atoms with Gasteiger partial charge in [-0.25, -0.2) is 0 Å². The van der Waals surface area contributed by atoms with Crippen molar-refractivity contribution in [2.45, 2.75) is 57.2 Å². The lowest BCUT2D eigenvalue weighted by atomic mass is 9.76. The number of carbonyl (C=O) groups is 1. The fourth-order valence-corrected chi connectivity index (χ4v) is 6.05. The molecule has 1 aromatic carbocycles. The van der Waals surface area contributed by atoms with E-state index in [1.165, 1.54) is 32.1 Å². The maximum atomic E-state index is 13.2. The highest BCUT2D eigenvalue weighted by Crippen LogP contribution is 2.54. The Hall–Kier alpha value is -1.90. The first-order valence-electron chi connectivity index (χ1n) is 11.3. The molecule has 2 bridgehead atoms. The van der Waals surface area contributed by atoms with E-state index in [0.29, 0.717) is 37.3 Å². The van der Waals surface area contributed by atoms with Gasteiger partial charge < -0.3 is 10.1 Å². The van der Waals surface area contributed by atoms with Crippen LogP contribution >= 0.6 is 0 Å². The van der Waals surface area contributed by atoms with Crippen LogP contribution in [0.4, 0.5) is 0 Å². The number of rotatable bonds is 4. The minimum Gasteiger partial charge on any atom is -0.378 e. The molecule has 0 spiro atoms. The van der Waals surface area contributed by atoms with E-state index in [1.54, 1.807) is 0 Å². The lowest BCUT2D eigenvalue weighted by molar-refractivity contribution is -0.134. The first-order chi connectivity index (χ1) is 14.2. The summed E-state index contributed by atoms with van der Waals surface area (Å²) in [6.45, 7) is 2.53. The Labute approximate surface area is 173 Å². The standard InChI is InChI=1S/C24H31N3O2/c25-13-17-2-1-3-18(8-17)14-27-6-7-29-15-23(27)24(28)26-22-5-4-16-9-19-11-20(19)12-21(22)10-16/h1-3,8,16,19-23H,4-7,9-12,14-15H2,(H,26,28). The summed E-state index contributed by atoms with van der Waals surface area (Å²) in [6, 6.07) is 9.98. The van der Waals surface area contributed by atoms with Crippen LogP contribution in [-0.4, -0.2) is 42.6 Å². The summed E-state index contributed by atoms with van der Waals surface area (Å²) in [7, 11) is 0. The summed E-state index contributed by atoms with van der Waals surface area (Å²) in [5, 5.41) is 12.6. The molecule has 3 aliphatic carbocycles. The van der Waals surface area contributed by atoms with Gasteiger partial charge in [0.2, 0.25) is 5.91 Å². The summed E-state index contributed by atoms with van der Waals surface area (Å²) in [5.41, 5.74) is 1.74. The maximum absolute atomic E-state index is 13.2. The van der Waals surface area contributed by atoms with E-state index in [1.807, 2.05) is 24.3 Å². The number of nitrogens with zero attached hydrogens (tertiary/aromatic N) is 2. The molecule has 0 aromatic heterocycles. The minimum absolute atomic E-state index is 0.126. The predicted octanol–water partition coefficient (Wildman–Crippen LogP) is 3.09. The third-order valence-electron chi connectivity index (χ3n) is 7.71. The Bertz CT molecular complexity index is 802. The second-order valence-electron chi connectivity index (χ2n) is 9.65. The van der Waals surface area contributed by atoms with Gasteiger partial charge in [0.25, 0.3) is 0 Å². The summed E-state index contributed by atoms with van der Waals surface area (Å²) in [6.07, 6.45) is 7.91. The highest BCUT2D eigenvalue weighted by Gasteiger charge is 2.47. The van der Waals surface area contributed by atoms with Gasteiger partial charge in [0.1, 0.15) is 6.04 Å². The molecule has 4 fully saturated rings. The average Bonchev–Trinajstić information content (AvgIpc) is 3.48. The number of benzene rings is 1. The number of amides is 1. The lowest BCUT2D eigenvalue weighted by Gasteiger charge is -2.39. The molecule has 1 amide bonds. The van der Waals surface area contributed by atoms with Gasteiger partial charge in [0.05, 0.1) is 24.8 Å². The number of ether oxygens (including phenoxy) is 1. The SMILES string of the molecule is N#Cc1cccc(CN2CCOCC2C(=O)NC2CCC3CC4CC4CC2C3)c1. The molecule has 5 heteroatoms.